The summed E-state index contributed by atoms with van der Waals surface area (Å²) in [7, 11) is 0. The SMILES string of the molecule is [CH2]C12CCC(CC1)C2. The van der Waals surface area contributed by atoms with Crippen molar-refractivity contribution in [2.24, 2.45) is 11.3 Å². The summed E-state index contributed by atoms with van der Waals surface area (Å²) in [6.07, 6.45) is 7.22. The van der Waals surface area contributed by atoms with Crippen LogP contribution in [0.3, 0.4) is 0 Å². The lowest BCUT2D eigenvalue weighted by molar-refractivity contribution is 0.379. The molecule has 0 aromatic heterocycles. The van der Waals surface area contributed by atoms with E-state index in [9.17, 15) is 0 Å². The third-order valence-electron chi connectivity index (χ3n) is 2.89. The highest BCUT2D eigenvalue weighted by atomic mass is 14.5. The van der Waals surface area contributed by atoms with E-state index >= 15 is 0 Å². The van der Waals surface area contributed by atoms with E-state index in [1.165, 1.54) is 32.1 Å². The van der Waals surface area contributed by atoms with Crippen LogP contribution in [0.4, 0.5) is 0 Å². The largest absolute Gasteiger partial charge is 0.0499 e. The molecular formula is C8H13. The molecule has 0 heteroatoms. The molecule has 1 radical (unpaired) electrons. The standard InChI is InChI=1S/C8H13/c1-8-4-2-7(6-8)3-5-8/h7H,1-6H2. The highest BCUT2D eigenvalue weighted by molar-refractivity contribution is 4.97. The Balaban J connectivity index is 2.19. The Morgan fingerprint density at radius 2 is 1.88 bits per heavy atom. The first-order valence-corrected chi connectivity index (χ1v) is 3.64. The summed E-state index contributed by atoms with van der Waals surface area (Å²) in [6, 6.07) is 0. The Bertz CT molecular complexity index is 96.6. The molecule has 0 aliphatic heterocycles. The van der Waals surface area contributed by atoms with Gasteiger partial charge in [-0.2, -0.15) is 0 Å². The van der Waals surface area contributed by atoms with Crippen molar-refractivity contribution in [3.8, 4) is 0 Å². The van der Waals surface area contributed by atoms with Gasteiger partial charge in [-0.15, -0.1) is 0 Å². The van der Waals surface area contributed by atoms with E-state index in [4.69, 9.17) is 0 Å². The maximum absolute atomic E-state index is 4.23. The van der Waals surface area contributed by atoms with Crippen molar-refractivity contribution in [2.75, 3.05) is 0 Å². The van der Waals surface area contributed by atoms with Crippen LogP contribution in [0.25, 0.3) is 0 Å². The average Bonchev–Trinajstić information content (AvgIpc) is 2.21. The van der Waals surface area contributed by atoms with Gasteiger partial charge in [0.05, 0.1) is 0 Å². The molecule has 0 heterocycles. The van der Waals surface area contributed by atoms with Gasteiger partial charge in [0.25, 0.3) is 0 Å². The fourth-order valence-corrected chi connectivity index (χ4v) is 2.31. The molecule has 2 rings (SSSR count). The van der Waals surface area contributed by atoms with Crippen molar-refractivity contribution in [2.45, 2.75) is 32.1 Å². The van der Waals surface area contributed by atoms with Gasteiger partial charge in [0.2, 0.25) is 0 Å². The lowest BCUT2D eigenvalue weighted by Gasteiger charge is -2.18. The molecule has 0 saturated heterocycles. The zero-order valence-electron chi connectivity index (χ0n) is 5.32. The predicted octanol–water partition coefficient (Wildman–Crippen LogP) is 2.40. The zero-order chi connectivity index (χ0) is 5.61. The minimum atomic E-state index is 0.560. The fraction of sp³-hybridized carbons (Fsp3) is 0.875. The fourth-order valence-electron chi connectivity index (χ4n) is 2.31. The highest BCUT2D eigenvalue weighted by Gasteiger charge is 2.40. The molecule has 2 saturated carbocycles. The van der Waals surface area contributed by atoms with Gasteiger partial charge in [-0.3, -0.25) is 0 Å². The van der Waals surface area contributed by atoms with E-state index in [0.29, 0.717) is 5.41 Å². The van der Waals surface area contributed by atoms with E-state index in [2.05, 4.69) is 6.92 Å². The van der Waals surface area contributed by atoms with Crippen molar-refractivity contribution in [3.63, 3.8) is 0 Å². The Morgan fingerprint density at radius 3 is 2.00 bits per heavy atom. The summed E-state index contributed by atoms with van der Waals surface area (Å²) >= 11 is 0. The molecule has 0 nitrogen and oxygen atoms in total. The molecule has 2 aliphatic rings. The Labute approximate surface area is 51.3 Å². The van der Waals surface area contributed by atoms with Gasteiger partial charge in [-0.05, 0) is 50.4 Å². The second kappa shape index (κ2) is 1.29. The molecule has 0 spiro atoms. The molecule has 0 atom stereocenters. The third kappa shape index (κ3) is 0.519. The maximum atomic E-state index is 4.23. The summed E-state index contributed by atoms with van der Waals surface area (Å²) in [4.78, 5) is 0. The van der Waals surface area contributed by atoms with Crippen LogP contribution in [0.1, 0.15) is 32.1 Å². The molecule has 0 amide bonds. The number of hydrogen-bond acceptors (Lipinski definition) is 0. The quantitative estimate of drug-likeness (QED) is 0.448. The van der Waals surface area contributed by atoms with Crippen molar-refractivity contribution in [3.05, 3.63) is 6.92 Å². The first-order chi connectivity index (χ1) is 3.79. The second-order valence-corrected chi connectivity index (χ2v) is 3.65. The summed E-state index contributed by atoms with van der Waals surface area (Å²) in [5.74, 6) is 1.08. The summed E-state index contributed by atoms with van der Waals surface area (Å²) in [5.41, 5.74) is 0.560. The molecular weight excluding hydrogens is 96.1 g/mol. The smallest absolute Gasteiger partial charge is 0.0294 e. The Hall–Kier alpha value is 0. The van der Waals surface area contributed by atoms with Gasteiger partial charge in [-0.1, -0.05) is 0 Å². The van der Waals surface area contributed by atoms with Crippen LogP contribution >= 0.6 is 0 Å². The minimum Gasteiger partial charge on any atom is -0.0499 e. The lowest BCUT2D eigenvalue weighted by Crippen LogP contribution is -2.06. The molecule has 0 aromatic rings. The van der Waals surface area contributed by atoms with Gasteiger partial charge in [0.1, 0.15) is 0 Å². The van der Waals surface area contributed by atoms with Gasteiger partial charge in [0.15, 0.2) is 0 Å². The van der Waals surface area contributed by atoms with E-state index in [0.717, 1.165) is 5.92 Å². The predicted molar refractivity (Wildman–Crippen MR) is 34.4 cm³/mol. The molecule has 8 heavy (non-hydrogen) atoms. The van der Waals surface area contributed by atoms with Crippen molar-refractivity contribution >= 4 is 0 Å². The van der Waals surface area contributed by atoms with Crippen molar-refractivity contribution < 1.29 is 0 Å². The van der Waals surface area contributed by atoms with E-state index < -0.39 is 0 Å². The van der Waals surface area contributed by atoms with Crippen molar-refractivity contribution in [1.29, 1.82) is 0 Å². The second-order valence-electron chi connectivity index (χ2n) is 3.65. The first kappa shape index (κ1) is 4.84. The lowest BCUT2D eigenvalue weighted by atomic mass is 9.87. The summed E-state index contributed by atoms with van der Waals surface area (Å²) < 4.78 is 0. The van der Waals surface area contributed by atoms with Gasteiger partial charge in [0, 0.05) is 0 Å². The molecule has 2 aliphatic carbocycles. The van der Waals surface area contributed by atoms with Crippen LogP contribution in [0, 0.1) is 18.3 Å². The number of hydrogen-bond donors (Lipinski definition) is 0. The molecule has 2 bridgehead atoms. The molecule has 45 valence electrons. The van der Waals surface area contributed by atoms with Crippen LogP contribution in [0.2, 0.25) is 0 Å². The topological polar surface area (TPSA) is 0 Å². The van der Waals surface area contributed by atoms with Crippen LogP contribution in [-0.4, -0.2) is 0 Å². The van der Waals surface area contributed by atoms with Crippen LogP contribution in [0.15, 0.2) is 0 Å². The van der Waals surface area contributed by atoms with E-state index in [1.54, 1.807) is 0 Å². The van der Waals surface area contributed by atoms with Gasteiger partial charge in [-0.25, -0.2) is 0 Å². The van der Waals surface area contributed by atoms with Crippen LogP contribution in [0.5, 0.6) is 0 Å². The molecule has 0 unspecified atom stereocenters. The normalized spacial score (nSPS) is 52.9. The van der Waals surface area contributed by atoms with Gasteiger partial charge >= 0.3 is 0 Å². The maximum Gasteiger partial charge on any atom is -0.0294 e. The van der Waals surface area contributed by atoms with Crippen LogP contribution in [-0.2, 0) is 0 Å². The number of rotatable bonds is 0. The van der Waals surface area contributed by atoms with Gasteiger partial charge < -0.3 is 0 Å². The molecule has 0 aromatic carbocycles. The summed E-state index contributed by atoms with van der Waals surface area (Å²) in [5, 5.41) is 0. The zero-order valence-corrected chi connectivity index (χ0v) is 5.32. The van der Waals surface area contributed by atoms with Crippen LogP contribution < -0.4 is 0 Å². The summed E-state index contributed by atoms with van der Waals surface area (Å²) in [6.45, 7) is 4.23. The molecule has 2 fully saturated rings. The van der Waals surface area contributed by atoms with Crippen molar-refractivity contribution in [1.82, 2.24) is 0 Å². The first-order valence-electron chi connectivity index (χ1n) is 3.64. The highest BCUT2D eigenvalue weighted by Crippen LogP contribution is 2.53. The van der Waals surface area contributed by atoms with E-state index in [1.807, 2.05) is 0 Å². The monoisotopic (exact) mass is 109 g/mol. The third-order valence-corrected chi connectivity index (χ3v) is 2.89. The Morgan fingerprint density at radius 1 is 1.25 bits per heavy atom. The number of fused-ring (bicyclic) bond motifs is 2. The minimum absolute atomic E-state index is 0.560. The van der Waals surface area contributed by atoms with E-state index in [-0.39, 0.29) is 0 Å². The average molecular weight is 109 g/mol. The Kier molecular flexibility index (Phi) is 0.778. The molecule has 0 N–H and O–H groups in total.